The zero-order valence-electron chi connectivity index (χ0n) is 23.7. The van der Waals surface area contributed by atoms with Gasteiger partial charge in [0.15, 0.2) is 5.17 Å². The Morgan fingerprint density at radius 1 is 1.00 bits per heavy atom. The maximum Gasteiger partial charge on any atom is 0.259 e. The van der Waals surface area contributed by atoms with Gasteiger partial charge in [-0.3, -0.25) is 19.4 Å². The van der Waals surface area contributed by atoms with Crippen molar-refractivity contribution in [3.8, 4) is 5.75 Å². The Labute approximate surface area is 258 Å². The zero-order valence-corrected chi connectivity index (χ0v) is 25.4. The summed E-state index contributed by atoms with van der Waals surface area (Å²) < 4.78 is 28.2. The smallest absolute Gasteiger partial charge is 0.259 e. The highest BCUT2D eigenvalue weighted by Crippen LogP contribution is 2.34. The van der Waals surface area contributed by atoms with Crippen LogP contribution in [0.5, 0.6) is 5.75 Å². The third-order valence-corrected chi connectivity index (χ3v) is 8.78. The lowest BCUT2D eigenvalue weighted by Crippen LogP contribution is -2.42. The number of methoxy groups -OCH3 is 1. The third kappa shape index (κ3) is 7.15. The zero-order chi connectivity index (χ0) is 31.3. The van der Waals surface area contributed by atoms with Gasteiger partial charge in [-0.05, 0) is 42.3 Å². The van der Waals surface area contributed by atoms with Gasteiger partial charge in [0.2, 0.25) is 21.8 Å². The number of hydrogen-bond acceptors (Lipinski definition) is 9. The quantitative estimate of drug-likeness (QED) is 0.290. The molecule has 5 rings (SSSR count). The average molecular weight is 635 g/mol. The van der Waals surface area contributed by atoms with Gasteiger partial charge in [0.1, 0.15) is 17.6 Å². The molecule has 0 saturated heterocycles. The number of thioether (sulfide) groups is 1. The summed E-state index contributed by atoms with van der Waals surface area (Å²) in [4.78, 5) is 49.6. The van der Waals surface area contributed by atoms with Gasteiger partial charge < -0.3 is 15.4 Å². The molecule has 0 aromatic heterocycles. The van der Waals surface area contributed by atoms with Crippen LogP contribution in [0.2, 0.25) is 0 Å². The van der Waals surface area contributed by atoms with Gasteiger partial charge in [0, 0.05) is 24.2 Å². The molecule has 2 heterocycles. The lowest BCUT2D eigenvalue weighted by Gasteiger charge is -2.25. The second-order valence-electron chi connectivity index (χ2n) is 9.92. The van der Waals surface area contributed by atoms with Crippen molar-refractivity contribution in [2.75, 3.05) is 19.4 Å². The molecule has 12 nitrogen and oxygen atoms in total. The normalized spacial score (nSPS) is 15.5. The van der Waals surface area contributed by atoms with Crippen molar-refractivity contribution < 1.29 is 27.5 Å². The maximum absolute atomic E-state index is 13.5. The van der Waals surface area contributed by atoms with Gasteiger partial charge in [0.25, 0.3) is 5.91 Å². The molecule has 0 radical (unpaired) electrons. The summed E-state index contributed by atoms with van der Waals surface area (Å²) in [5.41, 5.74) is 2.92. The third-order valence-electron chi connectivity index (χ3n) is 6.92. The van der Waals surface area contributed by atoms with E-state index in [9.17, 15) is 22.8 Å². The molecule has 0 saturated carbocycles. The number of aliphatic imine (C=N–C) groups is 2. The number of primary sulfonamides is 1. The molecular weight excluding hydrogens is 605 g/mol. The van der Waals surface area contributed by atoms with Crippen LogP contribution in [0.1, 0.15) is 23.1 Å². The van der Waals surface area contributed by atoms with E-state index in [1.54, 1.807) is 31.4 Å². The van der Waals surface area contributed by atoms with E-state index in [4.69, 9.17) is 9.88 Å². The van der Waals surface area contributed by atoms with Crippen LogP contribution in [-0.4, -0.2) is 67.5 Å². The first-order valence-electron chi connectivity index (χ1n) is 13.6. The number of carbonyl (C=O) groups is 3. The van der Waals surface area contributed by atoms with Crippen LogP contribution in [0.15, 0.2) is 87.7 Å². The molecule has 3 aromatic carbocycles. The Morgan fingerprint density at radius 3 is 2.48 bits per heavy atom. The summed E-state index contributed by atoms with van der Waals surface area (Å²) in [6, 6.07) is 19.8. The highest BCUT2D eigenvalue weighted by Gasteiger charge is 2.42. The molecule has 228 valence electrons. The maximum atomic E-state index is 13.5. The number of nitrogens with two attached hydrogens (primary N) is 1. The minimum Gasteiger partial charge on any atom is -0.496 e. The molecule has 44 heavy (non-hydrogen) atoms. The first-order chi connectivity index (χ1) is 21.1. The van der Waals surface area contributed by atoms with Gasteiger partial charge in [-0.2, -0.15) is 0 Å². The van der Waals surface area contributed by atoms with Gasteiger partial charge in [-0.15, -0.1) is 0 Å². The molecule has 3 amide bonds. The largest absolute Gasteiger partial charge is 0.496 e. The summed E-state index contributed by atoms with van der Waals surface area (Å²) in [6.07, 6.45) is 0.338. The predicted octanol–water partition coefficient (Wildman–Crippen LogP) is 2.10. The van der Waals surface area contributed by atoms with E-state index >= 15 is 0 Å². The number of nitrogens with zero attached hydrogens (tertiary/aromatic N) is 3. The molecule has 2 aliphatic heterocycles. The van der Waals surface area contributed by atoms with Gasteiger partial charge in [-0.1, -0.05) is 54.2 Å². The molecular formula is C30H30N6O6S2. The topological polar surface area (TPSA) is 173 Å². The molecule has 0 unspecified atom stereocenters. The van der Waals surface area contributed by atoms with Gasteiger partial charge in [0.05, 0.1) is 29.9 Å². The molecule has 2 aliphatic rings. The number of benzene rings is 3. The molecule has 14 heteroatoms. The number of hydrogen-bond donors (Lipinski definition) is 3. The van der Waals surface area contributed by atoms with Crippen molar-refractivity contribution in [3.05, 3.63) is 89.5 Å². The van der Waals surface area contributed by atoms with Crippen LogP contribution in [0, 0.1) is 0 Å². The van der Waals surface area contributed by atoms with E-state index in [0.717, 1.165) is 22.9 Å². The summed E-state index contributed by atoms with van der Waals surface area (Å²) >= 11 is 1.10. The Bertz CT molecular complexity index is 1760. The van der Waals surface area contributed by atoms with Crippen LogP contribution in [0.25, 0.3) is 0 Å². The van der Waals surface area contributed by atoms with Crippen molar-refractivity contribution in [2.45, 2.75) is 30.3 Å². The van der Waals surface area contributed by atoms with Crippen molar-refractivity contribution in [1.82, 2.24) is 15.5 Å². The van der Waals surface area contributed by atoms with Crippen molar-refractivity contribution >= 4 is 56.2 Å². The Hall–Kier alpha value is -4.53. The van der Waals surface area contributed by atoms with E-state index in [1.807, 2.05) is 36.4 Å². The highest BCUT2D eigenvalue weighted by molar-refractivity contribution is 8.14. The molecule has 1 atom stereocenters. The second-order valence-corrected chi connectivity index (χ2v) is 12.4. The molecule has 0 fully saturated rings. The van der Waals surface area contributed by atoms with Gasteiger partial charge >= 0.3 is 0 Å². The fraction of sp³-hybridized carbons (Fsp3) is 0.233. The van der Waals surface area contributed by atoms with Gasteiger partial charge in [-0.25, -0.2) is 23.4 Å². The Morgan fingerprint density at radius 2 is 1.73 bits per heavy atom. The van der Waals surface area contributed by atoms with Crippen molar-refractivity contribution in [1.29, 1.82) is 0 Å². The number of sulfonamides is 1. The lowest BCUT2D eigenvalue weighted by atomic mass is 10.1. The predicted molar refractivity (Wildman–Crippen MR) is 167 cm³/mol. The van der Waals surface area contributed by atoms with E-state index in [1.165, 1.54) is 17.0 Å². The average Bonchev–Trinajstić information content (AvgIpc) is 3.34. The second kappa shape index (κ2) is 13.4. The van der Waals surface area contributed by atoms with E-state index in [2.05, 4.69) is 20.6 Å². The van der Waals surface area contributed by atoms with E-state index in [-0.39, 0.29) is 35.4 Å². The number of amidine groups is 2. The first-order valence-corrected chi connectivity index (χ1v) is 16.2. The van der Waals surface area contributed by atoms with E-state index < -0.39 is 22.0 Å². The van der Waals surface area contributed by atoms with Crippen LogP contribution in [-0.2, 0) is 37.4 Å². The van der Waals surface area contributed by atoms with Crippen LogP contribution < -0.4 is 20.5 Å². The molecule has 0 spiro atoms. The Kier molecular flexibility index (Phi) is 9.42. The molecule has 4 N–H and O–H groups in total. The summed E-state index contributed by atoms with van der Waals surface area (Å²) in [7, 11) is -2.21. The van der Waals surface area contributed by atoms with Crippen LogP contribution >= 0.6 is 11.8 Å². The summed E-state index contributed by atoms with van der Waals surface area (Å²) in [5.74, 6) is 0.0450. The van der Waals surface area contributed by atoms with Crippen LogP contribution in [0.3, 0.4) is 0 Å². The van der Waals surface area contributed by atoms with Crippen molar-refractivity contribution in [2.24, 2.45) is 15.1 Å². The summed E-state index contributed by atoms with van der Waals surface area (Å²) in [5, 5.41) is 11.1. The number of carbonyl (C=O) groups excluding carboxylic acids is 3. The molecule has 0 bridgehead atoms. The number of fused-ring (bicyclic) bond motifs is 3. The first kappa shape index (κ1) is 30.9. The lowest BCUT2D eigenvalue weighted by molar-refractivity contribution is -0.128. The number of nitrogens with one attached hydrogen (secondary N) is 2. The van der Waals surface area contributed by atoms with Crippen molar-refractivity contribution in [3.63, 3.8) is 0 Å². The standard InChI is InChI=1S/C30H30N6O6S2/c1-42-25-9-5-2-6-20(25)17-33-26(37)16-24-29(39)36-28(34-24)22-7-3-4-8-23(22)35-30(36)43-18-27(38)32-15-14-19-10-12-21(13-11-19)44(31,40)41/h2-13,24H,14-18H2,1H3,(H,32,38)(H,33,37)(H2,31,40,41)/t24-/m1/s1. The fourth-order valence-electron chi connectivity index (χ4n) is 4.70. The molecule has 3 aromatic rings. The van der Waals surface area contributed by atoms with E-state index in [0.29, 0.717) is 41.0 Å². The summed E-state index contributed by atoms with van der Waals surface area (Å²) in [6.45, 7) is 0.566. The number of amides is 3. The fourth-order valence-corrected chi connectivity index (χ4v) is 6.04. The van der Waals surface area contributed by atoms with Crippen LogP contribution in [0.4, 0.5) is 5.69 Å². The number of para-hydroxylation sites is 2. The number of ether oxygens (including phenoxy) is 1. The highest BCUT2D eigenvalue weighted by atomic mass is 32.2. The SMILES string of the molecule is COc1ccccc1CNC(=O)C[C@H]1N=C2c3ccccc3N=C(SCC(=O)NCCc3ccc(S(N)(=O)=O)cc3)N2C1=O. The Balaban J connectivity index is 1.19. The minimum absolute atomic E-state index is 0.00746. The monoisotopic (exact) mass is 634 g/mol. The minimum atomic E-state index is -3.77. The number of rotatable bonds is 11. The molecule has 0 aliphatic carbocycles.